The molecule has 0 radical (unpaired) electrons. The number of methoxy groups -OCH3 is 1. The zero-order valence-corrected chi connectivity index (χ0v) is 10.5. The van der Waals surface area contributed by atoms with Crippen molar-refractivity contribution < 1.29 is 13.5 Å². The predicted octanol–water partition coefficient (Wildman–Crippen LogP) is 2.50. The average Bonchev–Trinajstić information content (AvgIpc) is 2.40. The van der Waals surface area contributed by atoms with Crippen molar-refractivity contribution >= 4 is 0 Å². The Balaban J connectivity index is 2.22. The van der Waals surface area contributed by atoms with Crippen LogP contribution in [-0.4, -0.2) is 24.6 Å². The number of hydrogen-bond donors (Lipinski definition) is 1. The van der Waals surface area contributed by atoms with Crippen LogP contribution in [0.4, 0.5) is 8.78 Å². The SMILES string of the molecule is COc1ccc(C2(CN)CCC(F)(F)CC2)cn1. The van der Waals surface area contributed by atoms with E-state index >= 15 is 0 Å². The minimum Gasteiger partial charge on any atom is -0.481 e. The summed E-state index contributed by atoms with van der Waals surface area (Å²) < 4.78 is 31.5. The molecule has 100 valence electrons. The van der Waals surface area contributed by atoms with Gasteiger partial charge in [0.05, 0.1) is 7.11 Å². The number of ether oxygens (including phenoxy) is 1. The Morgan fingerprint density at radius 1 is 1.28 bits per heavy atom. The van der Waals surface area contributed by atoms with Crippen LogP contribution in [0, 0.1) is 0 Å². The number of alkyl halides is 2. The smallest absolute Gasteiger partial charge is 0.248 e. The van der Waals surface area contributed by atoms with Gasteiger partial charge in [-0.25, -0.2) is 13.8 Å². The van der Waals surface area contributed by atoms with Crippen molar-refractivity contribution in [1.82, 2.24) is 4.98 Å². The molecule has 0 spiro atoms. The van der Waals surface area contributed by atoms with Crippen molar-refractivity contribution in [2.24, 2.45) is 5.73 Å². The van der Waals surface area contributed by atoms with E-state index in [1.54, 1.807) is 19.4 Å². The minimum absolute atomic E-state index is 0.101. The summed E-state index contributed by atoms with van der Waals surface area (Å²) >= 11 is 0. The van der Waals surface area contributed by atoms with Crippen LogP contribution in [0.2, 0.25) is 0 Å². The molecule has 3 nitrogen and oxygen atoms in total. The van der Waals surface area contributed by atoms with E-state index in [4.69, 9.17) is 10.5 Å². The normalized spacial score (nSPS) is 21.6. The van der Waals surface area contributed by atoms with Gasteiger partial charge < -0.3 is 10.5 Å². The lowest BCUT2D eigenvalue weighted by Gasteiger charge is -2.39. The van der Waals surface area contributed by atoms with Crippen molar-refractivity contribution in [2.45, 2.75) is 37.0 Å². The molecule has 0 bridgehead atoms. The highest BCUT2D eigenvalue weighted by Crippen LogP contribution is 2.44. The molecule has 2 rings (SSSR count). The average molecular weight is 256 g/mol. The molecule has 0 amide bonds. The fraction of sp³-hybridized carbons (Fsp3) is 0.615. The molecule has 1 aliphatic rings. The maximum atomic E-state index is 13.2. The quantitative estimate of drug-likeness (QED) is 0.903. The second kappa shape index (κ2) is 4.80. The summed E-state index contributed by atoms with van der Waals surface area (Å²) in [6.07, 6.45) is 2.30. The standard InChI is InChI=1S/C13H18F2N2O/c1-18-11-3-2-10(8-17-11)12(9-16)4-6-13(14,15)7-5-12/h2-3,8H,4-7,9,16H2,1H3. The first-order chi connectivity index (χ1) is 8.51. The van der Waals surface area contributed by atoms with E-state index in [1.807, 2.05) is 6.07 Å². The summed E-state index contributed by atoms with van der Waals surface area (Å²) in [6.45, 7) is 0.372. The first kappa shape index (κ1) is 13.2. The maximum absolute atomic E-state index is 13.2. The lowest BCUT2D eigenvalue weighted by molar-refractivity contribution is -0.0509. The Hall–Kier alpha value is -1.23. The highest BCUT2D eigenvalue weighted by atomic mass is 19.3. The van der Waals surface area contributed by atoms with Gasteiger partial charge in [0.1, 0.15) is 0 Å². The minimum atomic E-state index is -2.54. The molecular weight excluding hydrogens is 238 g/mol. The van der Waals surface area contributed by atoms with Gasteiger partial charge in [-0.05, 0) is 18.4 Å². The van der Waals surface area contributed by atoms with Gasteiger partial charge in [-0.2, -0.15) is 0 Å². The zero-order valence-electron chi connectivity index (χ0n) is 10.5. The third-order valence-electron chi connectivity index (χ3n) is 3.89. The number of halogens is 2. The van der Waals surface area contributed by atoms with E-state index in [1.165, 1.54) is 0 Å². The van der Waals surface area contributed by atoms with Gasteiger partial charge in [-0.3, -0.25) is 0 Å². The van der Waals surface area contributed by atoms with Crippen LogP contribution in [0.5, 0.6) is 5.88 Å². The number of pyridine rings is 1. The second-order valence-corrected chi connectivity index (χ2v) is 4.93. The largest absolute Gasteiger partial charge is 0.481 e. The Morgan fingerprint density at radius 2 is 1.94 bits per heavy atom. The predicted molar refractivity (Wildman–Crippen MR) is 64.9 cm³/mol. The number of nitrogens with two attached hydrogens (primary N) is 1. The van der Waals surface area contributed by atoms with Crippen LogP contribution in [0.15, 0.2) is 18.3 Å². The number of aromatic nitrogens is 1. The summed E-state index contributed by atoms with van der Waals surface area (Å²) in [4.78, 5) is 4.14. The maximum Gasteiger partial charge on any atom is 0.248 e. The third-order valence-corrected chi connectivity index (χ3v) is 3.89. The van der Waals surface area contributed by atoms with E-state index in [-0.39, 0.29) is 18.3 Å². The molecule has 1 aliphatic carbocycles. The third kappa shape index (κ3) is 2.46. The summed E-state index contributed by atoms with van der Waals surface area (Å²) in [5, 5.41) is 0. The van der Waals surface area contributed by atoms with Crippen LogP contribution in [0.1, 0.15) is 31.2 Å². The molecule has 0 saturated heterocycles. The summed E-state index contributed by atoms with van der Waals surface area (Å²) in [6, 6.07) is 3.63. The number of nitrogens with zero attached hydrogens (tertiary/aromatic N) is 1. The van der Waals surface area contributed by atoms with E-state index < -0.39 is 5.92 Å². The number of rotatable bonds is 3. The fourth-order valence-corrected chi connectivity index (χ4v) is 2.52. The zero-order chi connectivity index (χ0) is 13.2. The first-order valence-electron chi connectivity index (χ1n) is 6.10. The van der Waals surface area contributed by atoms with Crippen molar-refractivity contribution in [3.05, 3.63) is 23.9 Å². The van der Waals surface area contributed by atoms with E-state index in [2.05, 4.69) is 4.98 Å². The van der Waals surface area contributed by atoms with Crippen LogP contribution >= 0.6 is 0 Å². The first-order valence-corrected chi connectivity index (χ1v) is 6.10. The summed E-state index contributed by atoms with van der Waals surface area (Å²) in [7, 11) is 1.54. The Labute approximate surface area is 105 Å². The molecule has 5 heteroatoms. The van der Waals surface area contributed by atoms with Crippen molar-refractivity contribution in [1.29, 1.82) is 0 Å². The molecule has 1 heterocycles. The van der Waals surface area contributed by atoms with Gasteiger partial charge in [-0.1, -0.05) is 6.07 Å². The topological polar surface area (TPSA) is 48.1 Å². The molecule has 18 heavy (non-hydrogen) atoms. The van der Waals surface area contributed by atoms with E-state index in [0.717, 1.165) is 5.56 Å². The van der Waals surface area contributed by atoms with Crippen LogP contribution in [0.25, 0.3) is 0 Å². The van der Waals surface area contributed by atoms with Gasteiger partial charge in [0.2, 0.25) is 11.8 Å². The lowest BCUT2D eigenvalue weighted by Crippen LogP contribution is -2.42. The van der Waals surface area contributed by atoms with E-state index in [9.17, 15) is 8.78 Å². The molecule has 1 saturated carbocycles. The molecular formula is C13H18F2N2O. The second-order valence-electron chi connectivity index (χ2n) is 4.93. The molecule has 0 atom stereocenters. The van der Waals surface area contributed by atoms with Gasteiger partial charge in [-0.15, -0.1) is 0 Å². The molecule has 0 aromatic carbocycles. The van der Waals surface area contributed by atoms with Gasteiger partial charge >= 0.3 is 0 Å². The van der Waals surface area contributed by atoms with E-state index in [0.29, 0.717) is 25.3 Å². The Morgan fingerprint density at radius 3 is 2.39 bits per heavy atom. The molecule has 1 fully saturated rings. The van der Waals surface area contributed by atoms with Gasteiger partial charge in [0.25, 0.3) is 0 Å². The summed E-state index contributed by atoms with van der Waals surface area (Å²) in [5.74, 6) is -2.02. The molecule has 2 N–H and O–H groups in total. The Bertz CT molecular complexity index is 396. The van der Waals surface area contributed by atoms with Gasteiger partial charge in [0.15, 0.2) is 0 Å². The molecule has 0 aliphatic heterocycles. The molecule has 1 aromatic heterocycles. The van der Waals surface area contributed by atoms with Crippen LogP contribution in [0.3, 0.4) is 0 Å². The van der Waals surface area contributed by atoms with Crippen LogP contribution in [-0.2, 0) is 5.41 Å². The fourth-order valence-electron chi connectivity index (χ4n) is 2.52. The van der Waals surface area contributed by atoms with Gasteiger partial charge in [0, 0.05) is 37.1 Å². The lowest BCUT2D eigenvalue weighted by atomic mass is 9.69. The highest BCUT2D eigenvalue weighted by molar-refractivity contribution is 5.27. The van der Waals surface area contributed by atoms with Crippen molar-refractivity contribution in [2.75, 3.05) is 13.7 Å². The molecule has 0 unspecified atom stereocenters. The highest BCUT2D eigenvalue weighted by Gasteiger charge is 2.43. The van der Waals surface area contributed by atoms with Crippen LogP contribution < -0.4 is 10.5 Å². The monoisotopic (exact) mass is 256 g/mol. The Kier molecular flexibility index (Phi) is 3.52. The summed E-state index contributed by atoms with van der Waals surface area (Å²) in [5.41, 5.74) is 6.40. The molecule has 1 aromatic rings. The van der Waals surface area contributed by atoms with Crippen molar-refractivity contribution in [3.63, 3.8) is 0 Å². The number of hydrogen-bond acceptors (Lipinski definition) is 3. The van der Waals surface area contributed by atoms with Crippen molar-refractivity contribution in [3.8, 4) is 5.88 Å².